The molecule has 9 heteroatoms. The Hall–Kier alpha value is -2.42. The van der Waals surface area contributed by atoms with Gasteiger partial charge in [0.05, 0.1) is 27.4 Å². The van der Waals surface area contributed by atoms with E-state index in [1.807, 2.05) is 0 Å². The Balaban J connectivity index is 2.11. The fraction of sp³-hybridized carbons (Fsp3) is 0.438. The molecule has 25 heavy (non-hydrogen) atoms. The van der Waals surface area contributed by atoms with E-state index in [-0.39, 0.29) is 16.0 Å². The van der Waals surface area contributed by atoms with Gasteiger partial charge in [0.15, 0.2) is 0 Å². The van der Waals surface area contributed by atoms with E-state index in [0.29, 0.717) is 25.1 Å². The Labute approximate surface area is 146 Å². The van der Waals surface area contributed by atoms with E-state index in [2.05, 4.69) is 18.9 Å². The fourth-order valence-electron chi connectivity index (χ4n) is 3.07. The number of hydrogen-bond acceptors (Lipinski definition) is 5. The van der Waals surface area contributed by atoms with Crippen LogP contribution in [-0.4, -0.2) is 29.7 Å². The summed E-state index contributed by atoms with van der Waals surface area (Å²) in [5.41, 5.74) is 1.06. The van der Waals surface area contributed by atoms with Crippen LogP contribution in [-0.2, 0) is 23.5 Å². The van der Waals surface area contributed by atoms with Crippen LogP contribution in [0.2, 0.25) is 0 Å². The quantitative estimate of drug-likeness (QED) is 0.615. The highest BCUT2D eigenvalue weighted by molar-refractivity contribution is 7.92. The Kier molecular flexibility index (Phi) is 4.06. The monoisotopic (exact) mass is 364 g/mol. The molecule has 0 aliphatic carbocycles. The molecule has 8 nitrogen and oxygen atoms in total. The van der Waals surface area contributed by atoms with Crippen LogP contribution in [0.25, 0.3) is 0 Å². The van der Waals surface area contributed by atoms with Gasteiger partial charge in [0, 0.05) is 25.7 Å². The molecule has 0 unspecified atom stereocenters. The van der Waals surface area contributed by atoms with Gasteiger partial charge in [0.2, 0.25) is 0 Å². The number of rotatable bonds is 3. The van der Waals surface area contributed by atoms with Gasteiger partial charge in [-0.1, -0.05) is 19.9 Å². The van der Waals surface area contributed by atoms with Gasteiger partial charge in [0.25, 0.3) is 15.7 Å². The Morgan fingerprint density at radius 1 is 1.32 bits per heavy atom. The van der Waals surface area contributed by atoms with Crippen LogP contribution in [0.1, 0.15) is 26.0 Å². The van der Waals surface area contributed by atoms with Crippen molar-refractivity contribution >= 4 is 21.4 Å². The first kappa shape index (κ1) is 17.4. The highest BCUT2D eigenvalue weighted by Gasteiger charge is 2.35. The molecule has 1 aliphatic rings. The molecule has 0 fully saturated rings. The third-order valence-electron chi connectivity index (χ3n) is 4.56. The maximum Gasteiger partial charge on any atom is 0.270 e. The van der Waals surface area contributed by atoms with Gasteiger partial charge in [-0.2, -0.15) is 5.10 Å². The maximum atomic E-state index is 13.2. The van der Waals surface area contributed by atoms with E-state index < -0.39 is 14.9 Å². The zero-order chi connectivity index (χ0) is 18.4. The van der Waals surface area contributed by atoms with Crippen molar-refractivity contribution in [2.24, 2.45) is 12.5 Å². The molecule has 0 spiro atoms. The average molecular weight is 364 g/mol. The van der Waals surface area contributed by atoms with E-state index in [9.17, 15) is 18.5 Å². The lowest BCUT2D eigenvalue weighted by atomic mass is 9.85. The van der Waals surface area contributed by atoms with Crippen molar-refractivity contribution in [1.29, 1.82) is 0 Å². The minimum absolute atomic E-state index is 0.0739. The minimum Gasteiger partial charge on any atom is -0.270 e. The van der Waals surface area contributed by atoms with Crippen molar-refractivity contribution in [2.45, 2.75) is 31.6 Å². The van der Waals surface area contributed by atoms with Crippen molar-refractivity contribution in [1.82, 2.24) is 9.78 Å². The number of aryl methyl sites for hydroxylation is 1. The summed E-state index contributed by atoms with van der Waals surface area (Å²) in [7, 11) is -2.13. The van der Waals surface area contributed by atoms with Gasteiger partial charge >= 0.3 is 0 Å². The molecule has 0 saturated carbocycles. The molecule has 0 bridgehead atoms. The van der Waals surface area contributed by atoms with E-state index in [1.165, 1.54) is 22.5 Å². The number of nitro benzene ring substituents is 1. The number of sulfonamides is 1. The molecule has 1 aromatic carbocycles. The number of nitrogens with zero attached hydrogens (tertiary/aromatic N) is 4. The van der Waals surface area contributed by atoms with Gasteiger partial charge in [-0.3, -0.25) is 19.1 Å². The molecule has 1 aromatic heterocycles. The number of non-ortho nitro benzene ring substituents is 1. The van der Waals surface area contributed by atoms with Crippen molar-refractivity contribution < 1.29 is 13.3 Å². The van der Waals surface area contributed by atoms with Crippen molar-refractivity contribution in [2.75, 3.05) is 10.8 Å². The summed E-state index contributed by atoms with van der Waals surface area (Å²) in [6.45, 7) is 4.48. The second-order valence-electron chi connectivity index (χ2n) is 7.02. The van der Waals surface area contributed by atoms with Crippen molar-refractivity contribution in [3.8, 4) is 0 Å². The fourth-order valence-corrected chi connectivity index (χ4v) is 4.58. The molecule has 3 rings (SSSR count). The van der Waals surface area contributed by atoms with Crippen molar-refractivity contribution in [3.05, 3.63) is 46.3 Å². The number of benzene rings is 1. The summed E-state index contributed by atoms with van der Waals surface area (Å²) in [5, 5.41) is 15.2. The van der Waals surface area contributed by atoms with Gasteiger partial charge in [0.1, 0.15) is 0 Å². The summed E-state index contributed by atoms with van der Waals surface area (Å²) in [6, 6.07) is 5.15. The third kappa shape index (κ3) is 3.11. The molecule has 0 radical (unpaired) electrons. The molecular formula is C16H20N4O4S. The largest absolute Gasteiger partial charge is 0.270 e. The SMILES string of the molecule is Cn1ncc2c1CC(C)(C)CCN2S(=O)(=O)c1cccc([N+](=O)[O-])c1. The molecule has 0 atom stereocenters. The Bertz CT molecular complexity index is 933. The molecule has 2 heterocycles. The molecular weight excluding hydrogens is 344 g/mol. The van der Waals surface area contributed by atoms with Crippen molar-refractivity contribution in [3.63, 3.8) is 0 Å². The van der Waals surface area contributed by atoms with E-state index in [4.69, 9.17) is 0 Å². The topological polar surface area (TPSA) is 98.3 Å². The lowest BCUT2D eigenvalue weighted by Crippen LogP contribution is -2.32. The molecule has 1 aliphatic heterocycles. The number of anilines is 1. The van der Waals surface area contributed by atoms with Crippen LogP contribution in [0.5, 0.6) is 0 Å². The lowest BCUT2D eigenvalue weighted by molar-refractivity contribution is -0.385. The van der Waals surface area contributed by atoms with E-state index >= 15 is 0 Å². The van der Waals surface area contributed by atoms with Crippen LogP contribution in [0.15, 0.2) is 35.4 Å². The lowest BCUT2D eigenvalue weighted by Gasteiger charge is -2.24. The second-order valence-corrected chi connectivity index (χ2v) is 8.89. The standard InChI is InChI=1S/C16H20N4O4S/c1-16(2)7-8-19(15-11-17-18(3)14(15)10-16)25(23,24)13-6-4-5-12(9-13)20(21)22/h4-6,9,11H,7-8,10H2,1-3H3. The first-order chi connectivity index (χ1) is 11.6. The summed E-state index contributed by atoms with van der Waals surface area (Å²) in [5.74, 6) is 0. The zero-order valence-electron chi connectivity index (χ0n) is 14.3. The third-order valence-corrected chi connectivity index (χ3v) is 6.37. The summed E-state index contributed by atoms with van der Waals surface area (Å²) >= 11 is 0. The van der Waals surface area contributed by atoms with Gasteiger partial charge < -0.3 is 0 Å². The van der Waals surface area contributed by atoms with Crippen LogP contribution in [0.3, 0.4) is 0 Å². The van der Waals surface area contributed by atoms with E-state index in [1.54, 1.807) is 17.9 Å². The molecule has 0 N–H and O–H groups in total. The molecule has 0 saturated heterocycles. The number of nitro groups is 1. The number of hydrogen-bond donors (Lipinski definition) is 0. The Morgan fingerprint density at radius 2 is 2.04 bits per heavy atom. The van der Waals surface area contributed by atoms with Gasteiger partial charge in [-0.25, -0.2) is 8.42 Å². The zero-order valence-corrected chi connectivity index (χ0v) is 15.2. The normalized spacial score (nSPS) is 17.0. The number of fused-ring (bicyclic) bond motifs is 1. The van der Waals surface area contributed by atoms with Crippen LogP contribution in [0, 0.1) is 15.5 Å². The maximum absolute atomic E-state index is 13.2. The smallest absolute Gasteiger partial charge is 0.270 e. The first-order valence-electron chi connectivity index (χ1n) is 7.90. The molecule has 0 amide bonds. The van der Waals surface area contributed by atoms with Crippen LogP contribution < -0.4 is 4.31 Å². The average Bonchev–Trinajstić information content (AvgIpc) is 2.80. The summed E-state index contributed by atoms with van der Waals surface area (Å²) < 4.78 is 29.3. The highest BCUT2D eigenvalue weighted by atomic mass is 32.2. The van der Waals surface area contributed by atoms with E-state index in [0.717, 1.165) is 11.8 Å². The Morgan fingerprint density at radius 3 is 2.72 bits per heavy atom. The minimum atomic E-state index is -3.92. The molecule has 2 aromatic rings. The van der Waals surface area contributed by atoms with Gasteiger partial charge in [-0.05, 0) is 24.3 Å². The molecule has 134 valence electrons. The predicted octanol–water partition coefficient (Wildman–Crippen LogP) is 2.50. The summed E-state index contributed by atoms with van der Waals surface area (Å²) in [6.07, 6.45) is 2.93. The second kappa shape index (κ2) is 5.83. The first-order valence-corrected chi connectivity index (χ1v) is 9.34. The number of aromatic nitrogens is 2. The summed E-state index contributed by atoms with van der Waals surface area (Å²) in [4.78, 5) is 10.3. The van der Waals surface area contributed by atoms with Gasteiger partial charge in [-0.15, -0.1) is 0 Å². The predicted molar refractivity (Wildman–Crippen MR) is 92.9 cm³/mol. The van der Waals surface area contributed by atoms with Crippen LogP contribution in [0.4, 0.5) is 11.4 Å². The van der Waals surface area contributed by atoms with Crippen LogP contribution >= 0.6 is 0 Å². The highest BCUT2D eigenvalue weighted by Crippen LogP contribution is 2.38.